The Morgan fingerprint density at radius 3 is 2.48 bits per heavy atom. The van der Waals surface area contributed by atoms with Gasteiger partial charge in [-0.15, -0.1) is 0 Å². The van der Waals surface area contributed by atoms with E-state index in [9.17, 15) is 4.79 Å². The lowest BCUT2D eigenvalue weighted by Crippen LogP contribution is -2.55. The summed E-state index contributed by atoms with van der Waals surface area (Å²) in [7, 11) is 0. The van der Waals surface area contributed by atoms with E-state index in [2.05, 4.69) is 36.7 Å². The summed E-state index contributed by atoms with van der Waals surface area (Å²) in [5, 5.41) is 0. The van der Waals surface area contributed by atoms with Crippen molar-refractivity contribution in [3.8, 4) is 0 Å². The smallest absolute Gasteiger partial charge is 0.227 e. The summed E-state index contributed by atoms with van der Waals surface area (Å²) >= 11 is 0. The van der Waals surface area contributed by atoms with E-state index in [0.717, 1.165) is 58.2 Å². The van der Waals surface area contributed by atoms with Crippen molar-refractivity contribution in [2.75, 3.05) is 70.3 Å². The molecule has 5 aliphatic rings. The number of carbonyl (C=O) groups excluding carboxylic acids is 1. The minimum atomic E-state index is 0.276. The Morgan fingerprint density at radius 1 is 0.966 bits per heavy atom. The van der Waals surface area contributed by atoms with Crippen molar-refractivity contribution in [3.63, 3.8) is 0 Å². The lowest BCUT2D eigenvalue weighted by atomic mass is 9.78. The van der Waals surface area contributed by atoms with Crippen LogP contribution >= 0.6 is 0 Å². The number of rotatable bonds is 4. The third-order valence-electron chi connectivity index (χ3n) is 7.67. The molecule has 0 aliphatic carbocycles. The number of anilines is 1. The van der Waals surface area contributed by atoms with Gasteiger partial charge in [-0.2, -0.15) is 0 Å². The van der Waals surface area contributed by atoms with Crippen LogP contribution in [-0.2, 0) is 4.79 Å². The van der Waals surface area contributed by atoms with E-state index in [0.29, 0.717) is 17.7 Å². The van der Waals surface area contributed by atoms with E-state index in [-0.39, 0.29) is 5.92 Å². The van der Waals surface area contributed by atoms with Crippen LogP contribution < -0.4 is 4.90 Å². The normalized spacial score (nSPS) is 33.1. The number of hydrogen-bond acceptors (Lipinski definition) is 5. The minimum absolute atomic E-state index is 0.276. The van der Waals surface area contributed by atoms with Gasteiger partial charge in [0.25, 0.3) is 0 Å². The van der Waals surface area contributed by atoms with E-state index in [4.69, 9.17) is 0 Å². The van der Waals surface area contributed by atoms with E-state index in [1.54, 1.807) is 0 Å². The van der Waals surface area contributed by atoms with E-state index in [1.165, 1.54) is 38.8 Å². The Balaban J connectivity index is 1.12. The maximum Gasteiger partial charge on any atom is 0.227 e. The first-order valence-electron chi connectivity index (χ1n) is 11.7. The Morgan fingerprint density at radius 2 is 1.79 bits per heavy atom. The minimum Gasteiger partial charge on any atom is -0.354 e. The van der Waals surface area contributed by atoms with Crippen molar-refractivity contribution in [3.05, 3.63) is 24.4 Å². The fourth-order valence-electron chi connectivity index (χ4n) is 5.96. The fraction of sp³-hybridized carbons (Fsp3) is 0.739. The molecule has 2 atom stereocenters. The van der Waals surface area contributed by atoms with Crippen LogP contribution in [0.5, 0.6) is 0 Å². The predicted molar refractivity (Wildman–Crippen MR) is 115 cm³/mol. The van der Waals surface area contributed by atoms with Crippen molar-refractivity contribution in [2.45, 2.75) is 25.7 Å². The van der Waals surface area contributed by atoms with Gasteiger partial charge in [-0.25, -0.2) is 4.98 Å². The number of hydrogen-bond donors (Lipinski definition) is 0. The highest BCUT2D eigenvalue weighted by atomic mass is 16.2. The molecular weight excluding hydrogens is 362 g/mol. The number of pyridine rings is 1. The van der Waals surface area contributed by atoms with Gasteiger partial charge in [0.1, 0.15) is 5.82 Å². The van der Waals surface area contributed by atoms with Crippen LogP contribution in [0.1, 0.15) is 25.7 Å². The largest absolute Gasteiger partial charge is 0.354 e. The molecule has 6 heterocycles. The zero-order chi connectivity index (χ0) is 19.6. The van der Waals surface area contributed by atoms with E-state index >= 15 is 0 Å². The Hall–Kier alpha value is -1.66. The molecule has 6 heteroatoms. The number of amides is 1. The van der Waals surface area contributed by atoms with Crippen molar-refractivity contribution in [2.24, 2.45) is 17.8 Å². The average Bonchev–Trinajstić information content (AvgIpc) is 2.80. The highest BCUT2D eigenvalue weighted by molar-refractivity contribution is 5.79. The molecule has 0 spiro atoms. The third kappa shape index (κ3) is 4.29. The highest BCUT2D eigenvalue weighted by Gasteiger charge is 2.40. The first-order valence-corrected chi connectivity index (χ1v) is 11.7. The predicted octanol–water partition coefficient (Wildman–Crippen LogP) is 1.78. The van der Waals surface area contributed by atoms with Gasteiger partial charge in [0.2, 0.25) is 5.91 Å². The van der Waals surface area contributed by atoms with Crippen molar-refractivity contribution in [1.82, 2.24) is 19.7 Å². The molecule has 6 rings (SSSR count). The molecule has 158 valence electrons. The second-order valence-corrected chi connectivity index (χ2v) is 9.51. The Bertz CT molecular complexity index is 682. The van der Waals surface area contributed by atoms with Crippen LogP contribution in [0.3, 0.4) is 0 Å². The second-order valence-electron chi connectivity index (χ2n) is 9.51. The van der Waals surface area contributed by atoms with E-state index < -0.39 is 0 Å². The molecule has 0 radical (unpaired) electrons. The second kappa shape index (κ2) is 8.60. The highest BCUT2D eigenvalue weighted by Crippen LogP contribution is 2.34. The van der Waals surface area contributed by atoms with Gasteiger partial charge in [0.05, 0.1) is 5.92 Å². The standard InChI is InChI=1S/C23H35N5O/c29-23(21-18-25-10-6-20(21)7-11-25)28-9-3-4-19(17-28)16-26-12-14-27(15-13-26)22-5-1-2-8-24-22/h1-2,5,8,19-21H,3-4,6-7,9-18H2/t19-,21-/m1/s1. The summed E-state index contributed by atoms with van der Waals surface area (Å²) in [6, 6.07) is 6.15. The number of carbonyl (C=O) groups is 1. The number of likely N-dealkylation sites (tertiary alicyclic amines) is 1. The first kappa shape index (κ1) is 19.3. The molecule has 6 nitrogen and oxygen atoms in total. The maximum atomic E-state index is 13.3. The topological polar surface area (TPSA) is 42.9 Å². The Kier molecular flexibility index (Phi) is 5.73. The van der Waals surface area contributed by atoms with Crippen LogP contribution in [-0.4, -0.2) is 91.0 Å². The van der Waals surface area contributed by atoms with E-state index in [1.807, 2.05) is 12.3 Å². The summed E-state index contributed by atoms with van der Waals surface area (Å²) in [6.07, 6.45) is 6.78. The molecule has 5 saturated heterocycles. The number of aromatic nitrogens is 1. The fourth-order valence-corrected chi connectivity index (χ4v) is 5.96. The van der Waals surface area contributed by atoms with Crippen molar-refractivity contribution in [1.29, 1.82) is 0 Å². The Labute approximate surface area is 174 Å². The molecule has 5 fully saturated rings. The number of fused-ring (bicyclic) bond motifs is 3. The van der Waals surface area contributed by atoms with Crippen molar-refractivity contribution >= 4 is 11.7 Å². The SMILES string of the molecule is O=C([C@@H]1CN2CCC1CC2)N1CCC[C@H](CN2CCN(c3ccccn3)CC2)C1. The molecule has 1 aromatic rings. The zero-order valence-corrected chi connectivity index (χ0v) is 17.6. The first-order chi connectivity index (χ1) is 14.3. The average molecular weight is 398 g/mol. The summed E-state index contributed by atoms with van der Waals surface area (Å²) in [5.74, 6) is 3.11. The molecule has 1 amide bonds. The van der Waals surface area contributed by atoms with Crippen LogP contribution in [0.4, 0.5) is 5.82 Å². The summed E-state index contributed by atoms with van der Waals surface area (Å²) < 4.78 is 0. The van der Waals surface area contributed by atoms with Crippen LogP contribution in [0.15, 0.2) is 24.4 Å². The van der Waals surface area contributed by atoms with Gasteiger partial charge in [-0.1, -0.05) is 6.07 Å². The van der Waals surface area contributed by atoms with Gasteiger partial charge in [-0.3, -0.25) is 9.69 Å². The molecule has 0 N–H and O–H groups in total. The van der Waals surface area contributed by atoms with Gasteiger partial charge < -0.3 is 14.7 Å². The molecule has 2 bridgehead atoms. The van der Waals surface area contributed by atoms with Crippen LogP contribution in [0.2, 0.25) is 0 Å². The quantitative estimate of drug-likeness (QED) is 0.775. The number of piperidine rings is 4. The number of piperazine rings is 1. The lowest BCUT2D eigenvalue weighted by molar-refractivity contribution is -0.144. The monoisotopic (exact) mass is 397 g/mol. The van der Waals surface area contributed by atoms with Gasteiger partial charge in [-0.05, 0) is 62.7 Å². The van der Waals surface area contributed by atoms with Crippen LogP contribution in [0.25, 0.3) is 0 Å². The number of nitrogens with zero attached hydrogens (tertiary/aromatic N) is 5. The third-order valence-corrected chi connectivity index (χ3v) is 7.67. The molecule has 0 saturated carbocycles. The summed E-state index contributed by atoms with van der Waals surface area (Å²) in [5.41, 5.74) is 0. The molecule has 29 heavy (non-hydrogen) atoms. The molecule has 5 aliphatic heterocycles. The summed E-state index contributed by atoms with van der Waals surface area (Å²) in [6.45, 7) is 10.8. The lowest BCUT2D eigenvalue weighted by Gasteiger charge is -2.46. The maximum absolute atomic E-state index is 13.3. The zero-order valence-electron chi connectivity index (χ0n) is 17.6. The molecular formula is C23H35N5O. The van der Waals surface area contributed by atoms with Crippen molar-refractivity contribution < 1.29 is 4.79 Å². The molecule has 1 aromatic heterocycles. The van der Waals surface area contributed by atoms with Gasteiger partial charge in [0, 0.05) is 58.6 Å². The van der Waals surface area contributed by atoms with Crippen LogP contribution in [0, 0.1) is 17.8 Å². The molecule has 0 aromatic carbocycles. The van der Waals surface area contributed by atoms with Gasteiger partial charge in [0.15, 0.2) is 0 Å². The molecule has 0 unspecified atom stereocenters. The van der Waals surface area contributed by atoms with Gasteiger partial charge >= 0.3 is 0 Å². The summed E-state index contributed by atoms with van der Waals surface area (Å²) in [4.78, 5) is 27.5.